The van der Waals surface area contributed by atoms with Gasteiger partial charge in [0, 0.05) is 41.2 Å². The van der Waals surface area contributed by atoms with Crippen molar-refractivity contribution in [3.05, 3.63) is 71.9 Å². The number of hydrogen-bond acceptors (Lipinski definition) is 4. The average Bonchev–Trinajstić information content (AvgIpc) is 3.45. The van der Waals surface area contributed by atoms with Crippen molar-refractivity contribution >= 4 is 11.6 Å². The highest BCUT2D eigenvalue weighted by Crippen LogP contribution is 2.33. The van der Waals surface area contributed by atoms with Crippen LogP contribution in [0.1, 0.15) is 48.7 Å². The van der Waals surface area contributed by atoms with Gasteiger partial charge >= 0.3 is 12.6 Å². The molecule has 3 heterocycles. The number of carboxylic acid groups (broad SMARTS) is 1. The van der Waals surface area contributed by atoms with Gasteiger partial charge in [0.25, 0.3) is 0 Å². The topological polar surface area (TPSA) is 81.7 Å². The van der Waals surface area contributed by atoms with Gasteiger partial charge in [0.1, 0.15) is 11.4 Å². The van der Waals surface area contributed by atoms with Crippen molar-refractivity contribution in [2.45, 2.75) is 51.7 Å². The summed E-state index contributed by atoms with van der Waals surface area (Å²) in [6.45, 7) is -0.980. The number of alkyl halides is 2. The zero-order chi connectivity index (χ0) is 24.5. The number of para-hydroxylation sites is 1. The summed E-state index contributed by atoms with van der Waals surface area (Å²) < 4.78 is 34.4. The van der Waals surface area contributed by atoms with Crippen molar-refractivity contribution in [2.24, 2.45) is 5.92 Å². The molecule has 182 valence electrons. The molecule has 1 aromatic carbocycles. The van der Waals surface area contributed by atoms with E-state index in [4.69, 9.17) is 4.74 Å². The van der Waals surface area contributed by atoms with Crippen LogP contribution < -0.4 is 4.74 Å². The molecule has 1 N–H and O–H groups in total. The Labute approximate surface area is 201 Å². The molecule has 4 aromatic rings. The Morgan fingerprint density at radius 1 is 1.11 bits per heavy atom. The van der Waals surface area contributed by atoms with E-state index in [2.05, 4.69) is 10.1 Å². The van der Waals surface area contributed by atoms with Crippen molar-refractivity contribution in [3.8, 4) is 16.9 Å². The fourth-order valence-electron chi connectivity index (χ4n) is 4.91. The molecule has 35 heavy (non-hydrogen) atoms. The summed E-state index contributed by atoms with van der Waals surface area (Å²) in [4.78, 5) is 15.9. The average molecular weight is 481 g/mol. The summed E-state index contributed by atoms with van der Waals surface area (Å²) >= 11 is 0. The summed E-state index contributed by atoms with van der Waals surface area (Å²) in [5.41, 5.74) is 5.05. The van der Waals surface area contributed by atoms with E-state index in [9.17, 15) is 18.7 Å². The number of pyridine rings is 1. The quantitative estimate of drug-likeness (QED) is 0.377. The first kappa shape index (κ1) is 23.0. The van der Waals surface area contributed by atoms with Gasteiger partial charge in [0.2, 0.25) is 0 Å². The molecule has 3 aromatic heterocycles. The Morgan fingerprint density at radius 2 is 1.89 bits per heavy atom. The van der Waals surface area contributed by atoms with Crippen LogP contribution in [0, 0.1) is 12.8 Å². The van der Waals surface area contributed by atoms with Crippen molar-refractivity contribution < 1.29 is 23.4 Å². The van der Waals surface area contributed by atoms with Crippen LogP contribution in [0.3, 0.4) is 0 Å². The molecule has 1 aliphatic rings. The van der Waals surface area contributed by atoms with Gasteiger partial charge in [-0.2, -0.15) is 13.9 Å². The van der Waals surface area contributed by atoms with Crippen molar-refractivity contribution in [1.29, 1.82) is 0 Å². The normalized spacial score (nSPS) is 18.3. The summed E-state index contributed by atoms with van der Waals surface area (Å²) in [6.07, 6.45) is 9.12. The molecule has 0 atom stereocenters. The molecule has 0 radical (unpaired) electrons. The Balaban J connectivity index is 1.41. The van der Waals surface area contributed by atoms with E-state index < -0.39 is 12.6 Å². The molecule has 7 nitrogen and oxygen atoms in total. The largest absolute Gasteiger partial charge is 0.481 e. The Bertz CT molecular complexity index is 1360. The number of ether oxygens (including phenoxy) is 1. The number of benzene rings is 1. The first-order valence-corrected chi connectivity index (χ1v) is 11.7. The maximum atomic E-state index is 12.9. The SMILES string of the molecule is Cc1nc2ccc(-c3cnn(C4CCC(C(=O)O)CC4)c3)cn2c1Cc1ccccc1OC(F)F. The molecular formula is C26H26F2N4O3. The minimum absolute atomic E-state index is 0.159. The third-order valence-electron chi connectivity index (χ3n) is 6.82. The van der Waals surface area contributed by atoms with Gasteiger partial charge in [-0.05, 0) is 50.8 Å². The van der Waals surface area contributed by atoms with Gasteiger partial charge in [-0.15, -0.1) is 0 Å². The third-order valence-corrected chi connectivity index (χ3v) is 6.82. The van der Waals surface area contributed by atoms with E-state index in [-0.39, 0.29) is 17.7 Å². The summed E-state index contributed by atoms with van der Waals surface area (Å²) in [7, 11) is 0. The highest BCUT2D eigenvalue weighted by Gasteiger charge is 2.27. The number of aryl methyl sites for hydroxylation is 1. The predicted octanol–water partition coefficient (Wildman–Crippen LogP) is 5.51. The van der Waals surface area contributed by atoms with Crippen molar-refractivity contribution in [1.82, 2.24) is 19.2 Å². The van der Waals surface area contributed by atoms with Gasteiger partial charge < -0.3 is 14.2 Å². The number of aliphatic carboxylic acids is 1. The molecule has 0 bridgehead atoms. The maximum Gasteiger partial charge on any atom is 0.387 e. The molecule has 0 spiro atoms. The van der Waals surface area contributed by atoms with E-state index in [0.29, 0.717) is 24.8 Å². The van der Waals surface area contributed by atoms with Crippen LogP contribution in [0.5, 0.6) is 5.75 Å². The fraction of sp³-hybridized carbons (Fsp3) is 0.346. The number of carboxylic acids is 1. The lowest BCUT2D eigenvalue weighted by atomic mass is 9.86. The predicted molar refractivity (Wildman–Crippen MR) is 126 cm³/mol. The molecule has 0 unspecified atom stereocenters. The summed E-state index contributed by atoms with van der Waals surface area (Å²) in [5, 5.41) is 13.8. The zero-order valence-electron chi connectivity index (χ0n) is 19.3. The van der Waals surface area contributed by atoms with E-state index in [1.54, 1.807) is 24.3 Å². The second kappa shape index (κ2) is 9.48. The molecular weight excluding hydrogens is 454 g/mol. The first-order valence-electron chi connectivity index (χ1n) is 11.7. The number of imidazole rings is 1. The number of halogens is 2. The molecule has 0 amide bonds. The van der Waals surface area contributed by atoms with E-state index in [1.807, 2.05) is 46.7 Å². The molecule has 0 saturated heterocycles. The maximum absolute atomic E-state index is 12.9. The van der Waals surface area contributed by atoms with E-state index in [0.717, 1.165) is 41.0 Å². The van der Waals surface area contributed by atoms with Gasteiger partial charge in [-0.3, -0.25) is 9.48 Å². The van der Waals surface area contributed by atoms with Gasteiger partial charge in [-0.25, -0.2) is 4.98 Å². The fourth-order valence-corrected chi connectivity index (χ4v) is 4.91. The highest BCUT2D eigenvalue weighted by atomic mass is 19.3. The molecule has 1 fully saturated rings. The van der Waals surface area contributed by atoms with Gasteiger partial charge in [0.15, 0.2) is 0 Å². The molecule has 5 rings (SSSR count). The van der Waals surface area contributed by atoms with Crippen LogP contribution >= 0.6 is 0 Å². The summed E-state index contributed by atoms with van der Waals surface area (Å²) in [5.74, 6) is -0.817. The second-order valence-corrected chi connectivity index (χ2v) is 9.01. The van der Waals surface area contributed by atoms with Gasteiger partial charge in [-0.1, -0.05) is 18.2 Å². The van der Waals surface area contributed by atoms with Gasteiger partial charge in [0.05, 0.1) is 23.9 Å². The van der Waals surface area contributed by atoms with E-state index in [1.165, 1.54) is 0 Å². The monoisotopic (exact) mass is 480 g/mol. The van der Waals surface area contributed by atoms with E-state index >= 15 is 0 Å². The Kier molecular flexibility index (Phi) is 6.23. The Hall–Kier alpha value is -3.75. The van der Waals surface area contributed by atoms with Crippen LogP contribution in [0.15, 0.2) is 55.0 Å². The molecule has 0 aliphatic heterocycles. The lowest BCUT2D eigenvalue weighted by Crippen LogP contribution is -2.23. The molecule has 1 aliphatic carbocycles. The summed E-state index contributed by atoms with van der Waals surface area (Å²) in [6, 6.07) is 10.9. The van der Waals surface area contributed by atoms with Crippen LogP contribution in [0.25, 0.3) is 16.8 Å². The minimum atomic E-state index is -2.89. The smallest absolute Gasteiger partial charge is 0.387 e. The lowest BCUT2D eigenvalue weighted by Gasteiger charge is -2.26. The Morgan fingerprint density at radius 3 is 2.63 bits per heavy atom. The number of carbonyl (C=O) groups is 1. The van der Waals surface area contributed by atoms with Crippen LogP contribution in [0.2, 0.25) is 0 Å². The van der Waals surface area contributed by atoms with Crippen LogP contribution in [-0.2, 0) is 11.2 Å². The number of fused-ring (bicyclic) bond motifs is 1. The van der Waals surface area contributed by atoms with Crippen LogP contribution in [-0.4, -0.2) is 36.9 Å². The zero-order valence-corrected chi connectivity index (χ0v) is 19.3. The molecule has 1 saturated carbocycles. The van der Waals surface area contributed by atoms with Crippen molar-refractivity contribution in [2.75, 3.05) is 0 Å². The van der Waals surface area contributed by atoms with Crippen molar-refractivity contribution in [3.63, 3.8) is 0 Å². The minimum Gasteiger partial charge on any atom is -0.481 e. The second-order valence-electron chi connectivity index (χ2n) is 9.01. The number of nitrogens with zero attached hydrogens (tertiary/aromatic N) is 4. The first-order chi connectivity index (χ1) is 16.9. The number of rotatable bonds is 7. The highest BCUT2D eigenvalue weighted by molar-refractivity contribution is 5.70. The third kappa shape index (κ3) is 4.76. The van der Waals surface area contributed by atoms with Crippen LogP contribution in [0.4, 0.5) is 8.78 Å². The number of aromatic nitrogens is 4. The molecule has 9 heteroatoms. The number of hydrogen-bond donors (Lipinski definition) is 1. The lowest BCUT2D eigenvalue weighted by molar-refractivity contribution is -0.143. The standard InChI is InChI=1S/C26H26F2N4O3/c1-16-22(12-18-4-2-3-5-23(18)35-26(27)28)31-14-19(8-11-24(31)30-16)20-13-29-32(15-20)21-9-6-17(7-10-21)25(33)34/h2-5,8,11,13-15,17,21,26H,6-7,9-10,12H2,1H3,(H,33,34).